The number of ether oxygens (including phenoxy) is 1. The highest BCUT2D eigenvalue weighted by Gasteiger charge is 2.37. The van der Waals surface area contributed by atoms with Crippen molar-refractivity contribution < 1.29 is 14.0 Å². The van der Waals surface area contributed by atoms with Crippen molar-refractivity contribution in [1.82, 2.24) is 4.90 Å². The first-order valence-corrected chi connectivity index (χ1v) is 12.3. The molecular weight excluding hydrogens is 318 g/mol. The van der Waals surface area contributed by atoms with Crippen molar-refractivity contribution in [2.75, 3.05) is 19.7 Å². The number of likely N-dealkylation sites (tertiary alicyclic amines) is 1. The van der Waals surface area contributed by atoms with E-state index in [0.29, 0.717) is 5.92 Å². The van der Waals surface area contributed by atoms with Crippen LogP contribution in [0.3, 0.4) is 0 Å². The highest BCUT2D eigenvalue weighted by Crippen LogP contribution is 2.36. The standard InChI is InChI=1S/C19H39NO3Si/c1-18(2,3)23-17(21)20-13-9-11-16(15-20)12-10-14-22-24(7,8)19(4,5)6/h16H,9-15H2,1-8H3. The summed E-state index contributed by atoms with van der Waals surface area (Å²) in [6.45, 7) is 19.7. The maximum Gasteiger partial charge on any atom is 0.410 e. The lowest BCUT2D eigenvalue weighted by Gasteiger charge is -2.37. The smallest absolute Gasteiger partial charge is 0.410 e. The molecule has 5 heteroatoms. The van der Waals surface area contributed by atoms with Crippen LogP contribution in [0, 0.1) is 5.92 Å². The van der Waals surface area contributed by atoms with Gasteiger partial charge in [0, 0.05) is 19.7 Å². The fourth-order valence-corrected chi connectivity index (χ4v) is 3.80. The average Bonchev–Trinajstić information content (AvgIpc) is 2.41. The van der Waals surface area contributed by atoms with Gasteiger partial charge in [-0.2, -0.15) is 0 Å². The zero-order chi connectivity index (χ0) is 18.6. The van der Waals surface area contributed by atoms with Crippen LogP contribution in [0.2, 0.25) is 18.1 Å². The minimum atomic E-state index is -1.63. The van der Waals surface area contributed by atoms with Gasteiger partial charge in [-0.1, -0.05) is 20.8 Å². The Morgan fingerprint density at radius 2 is 1.79 bits per heavy atom. The molecule has 24 heavy (non-hydrogen) atoms. The number of nitrogens with zero attached hydrogens (tertiary/aromatic N) is 1. The second kappa shape index (κ2) is 8.22. The van der Waals surface area contributed by atoms with Crippen molar-refractivity contribution in [3.05, 3.63) is 0 Å². The molecule has 0 N–H and O–H groups in total. The predicted molar refractivity (Wildman–Crippen MR) is 103 cm³/mol. The molecule has 0 aromatic rings. The van der Waals surface area contributed by atoms with Crippen molar-refractivity contribution in [2.24, 2.45) is 5.92 Å². The first-order chi connectivity index (χ1) is 10.8. The zero-order valence-corrected chi connectivity index (χ0v) is 18.2. The molecule has 0 saturated carbocycles. The number of amides is 1. The number of carbonyl (C=O) groups excluding carboxylic acids is 1. The Bertz CT molecular complexity index is 410. The second-order valence-electron chi connectivity index (χ2n) is 9.69. The Morgan fingerprint density at radius 1 is 1.17 bits per heavy atom. The van der Waals surface area contributed by atoms with Gasteiger partial charge in [0.15, 0.2) is 8.32 Å². The minimum Gasteiger partial charge on any atom is -0.444 e. The van der Waals surface area contributed by atoms with E-state index >= 15 is 0 Å². The number of hydrogen-bond donors (Lipinski definition) is 0. The van der Waals surface area contributed by atoms with Crippen molar-refractivity contribution in [3.8, 4) is 0 Å². The number of carbonyl (C=O) groups is 1. The molecule has 0 aliphatic carbocycles. The Morgan fingerprint density at radius 3 is 2.33 bits per heavy atom. The molecule has 1 unspecified atom stereocenters. The molecule has 4 nitrogen and oxygen atoms in total. The SMILES string of the molecule is CC(C)(C)OC(=O)N1CCCC(CCCO[Si](C)(C)C(C)(C)C)C1. The van der Waals surface area contributed by atoms with E-state index in [4.69, 9.17) is 9.16 Å². The Labute approximate surface area is 150 Å². The third kappa shape index (κ3) is 7.14. The van der Waals surface area contributed by atoms with Crippen LogP contribution in [-0.2, 0) is 9.16 Å². The molecule has 1 amide bonds. The third-order valence-electron chi connectivity index (χ3n) is 5.20. The van der Waals surface area contributed by atoms with Crippen LogP contribution >= 0.6 is 0 Å². The van der Waals surface area contributed by atoms with E-state index in [1.165, 1.54) is 6.42 Å². The van der Waals surface area contributed by atoms with Crippen molar-refractivity contribution in [1.29, 1.82) is 0 Å². The second-order valence-corrected chi connectivity index (χ2v) is 14.5. The molecule has 1 fully saturated rings. The first kappa shape index (κ1) is 21.5. The molecule has 1 saturated heterocycles. The predicted octanol–water partition coefficient (Wildman–Crippen LogP) is 5.44. The van der Waals surface area contributed by atoms with Gasteiger partial charge in [-0.15, -0.1) is 0 Å². The lowest BCUT2D eigenvalue weighted by atomic mass is 9.94. The zero-order valence-electron chi connectivity index (χ0n) is 17.2. The molecule has 0 aromatic carbocycles. The molecule has 0 radical (unpaired) electrons. The molecule has 0 aromatic heterocycles. The summed E-state index contributed by atoms with van der Waals surface area (Å²) in [6.07, 6.45) is 4.34. The van der Waals surface area contributed by atoms with E-state index in [9.17, 15) is 4.79 Å². The molecule has 1 rings (SSSR count). The summed E-state index contributed by atoms with van der Waals surface area (Å²) in [7, 11) is -1.63. The molecule has 0 bridgehead atoms. The Kier molecular flexibility index (Phi) is 7.36. The summed E-state index contributed by atoms with van der Waals surface area (Å²) >= 11 is 0. The van der Waals surface area contributed by atoms with Gasteiger partial charge in [0.2, 0.25) is 0 Å². The van der Waals surface area contributed by atoms with Gasteiger partial charge >= 0.3 is 6.09 Å². The topological polar surface area (TPSA) is 38.8 Å². The molecule has 0 spiro atoms. The van der Waals surface area contributed by atoms with E-state index < -0.39 is 13.9 Å². The van der Waals surface area contributed by atoms with E-state index in [-0.39, 0.29) is 11.1 Å². The summed E-state index contributed by atoms with van der Waals surface area (Å²) in [5, 5.41) is 0.269. The normalized spacial score (nSPS) is 20.2. The number of piperidine rings is 1. The van der Waals surface area contributed by atoms with Crippen LogP contribution in [0.5, 0.6) is 0 Å². The fraction of sp³-hybridized carbons (Fsp3) is 0.947. The van der Waals surface area contributed by atoms with Crippen LogP contribution in [0.25, 0.3) is 0 Å². The molecular formula is C19H39NO3Si. The Hall–Kier alpha value is -0.553. The van der Waals surface area contributed by atoms with Crippen LogP contribution < -0.4 is 0 Å². The molecule has 1 heterocycles. The van der Waals surface area contributed by atoms with Gasteiger partial charge in [0.1, 0.15) is 5.60 Å². The van der Waals surface area contributed by atoms with Gasteiger partial charge in [0.05, 0.1) is 0 Å². The van der Waals surface area contributed by atoms with E-state index in [1.807, 2.05) is 25.7 Å². The van der Waals surface area contributed by atoms with E-state index in [1.54, 1.807) is 0 Å². The maximum atomic E-state index is 12.2. The first-order valence-electron chi connectivity index (χ1n) is 9.44. The quantitative estimate of drug-likeness (QED) is 0.486. The third-order valence-corrected chi connectivity index (χ3v) is 9.73. The molecule has 1 atom stereocenters. The van der Waals surface area contributed by atoms with E-state index in [2.05, 4.69) is 33.9 Å². The fourth-order valence-electron chi connectivity index (χ4n) is 2.71. The van der Waals surface area contributed by atoms with Crippen LogP contribution in [0.4, 0.5) is 4.79 Å². The van der Waals surface area contributed by atoms with Gasteiger partial charge in [-0.25, -0.2) is 4.79 Å². The molecule has 142 valence electrons. The van der Waals surface area contributed by atoms with Crippen molar-refractivity contribution in [3.63, 3.8) is 0 Å². The molecule has 1 aliphatic heterocycles. The summed E-state index contributed by atoms with van der Waals surface area (Å²) in [4.78, 5) is 14.1. The highest BCUT2D eigenvalue weighted by atomic mass is 28.4. The largest absolute Gasteiger partial charge is 0.444 e. The number of rotatable bonds is 5. The van der Waals surface area contributed by atoms with Crippen molar-refractivity contribution in [2.45, 2.75) is 91.0 Å². The summed E-state index contributed by atoms with van der Waals surface area (Å²) in [6, 6.07) is 0. The maximum absolute atomic E-state index is 12.2. The minimum absolute atomic E-state index is 0.162. The molecule has 1 aliphatic rings. The van der Waals surface area contributed by atoms with Crippen LogP contribution in [-0.4, -0.2) is 44.6 Å². The Balaban J connectivity index is 2.35. The van der Waals surface area contributed by atoms with Gasteiger partial charge in [-0.05, 0) is 70.5 Å². The summed E-state index contributed by atoms with van der Waals surface area (Å²) in [5.74, 6) is 0.578. The van der Waals surface area contributed by atoms with Crippen molar-refractivity contribution >= 4 is 14.4 Å². The highest BCUT2D eigenvalue weighted by molar-refractivity contribution is 6.74. The summed E-state index contributed by atoms with van der Waals surface area (Å²) in [5.41, 5.74) is -0.416. The van der Waals surface area contributed by atoms with Crippen LogP contribution in [0.15, 0.2) is 0 Å². The lowest BCUT2D eigenvalue weighted by molar-refractivity contribution is 0.0159. The summed E-state index contributed by atoms with van der Waals surface area (Å²) < 4.78 is 11.8. The average molecular weight is 358 g/mol. The van der Waals surface area contributed by atoms with E-state index in [0.717, 1.165) is 39.0 Å². The van der Waals surface area contributed by atoms with Gasteiger partial charge in [-0.3, -0.25) is 0 Å². The monoisotopic (exact) mass is 357 g/mol. The van der Waals surface area contributed by atoms with Gasteiger partial charge < -0.3 is 14.1 Å². The number of hydrogen-bond acceptors (Lipinski definition) is 3. The van der Waals surface area contributed by atoms with Gasteiger partial charge in [0.25, 0.3) is 0 Å². The van der Waals surface area contributed by atoms with Crippen LogP contribution in [0.1, 0.15) is 67.2 Å². The lowest BCUT2D eigenvalue weighted by Crippen LogP contribution is -2.43.